The molecule has 82 valence electrons. The van der Waals surface area contributed by atoms with Crippen LogP contribution in [0, 0.1) is 0 Å². The van der Waals surface area contributed by atoms with Gasteiger partial charge in [0.1, 0.15) is 0 Å². The van der Waals surface area contributed by atoms with Gasteiger partial charge in [-0.3, -0.25) is 2.78 Å². The van der Waals surface area contributed by atoms with Gasteiger partial charge in [0.25, 0.3) is 0 Å². The number of fused-ring (bicyclic) bond motifs is 1. The van der Waals surface area contributed by atoms with Gasteiger partial charge in [0, 0.05) is 10.6 Å². The summed E-state index contributed by atoms with van der Waals surface area (Å²) in [6.07, 6.45) is 3.83. The molecule has 2 aromatic rings. The van der Waals surface area contributed by atoms with Gasteiger partial charge in [-0.25, -0.2) is 0 Å². The molecule has 0 spiro atoms. The number of hydrogen-bond acceptors (Lipinski definition) is 1. The first-order chi connectivity index (χ1) is 7.66. The van der Waals surface area contributed by atoms with Crippen molar-refractivity contribution in [2.24, 2.45) is 5.73 Å². The Morgan fingerprint density at radius 3 is 2.75 bits per heavy atom. The fourth-order valence-corrected chi connectivity index (χ4v) is 2.80. The average molecular weight is 324 g/mol. The van der Waals surface area contributed by atoms with Crippen LogP contribution in [-0.2, 0) is 0 Å². The van der Waals surface area contributed by atoms with E-state index >= 15 is 0 Å². The second-order valence-corrected chi connectivity index (χ2v) is 4.55. The maximum atomic E-state index is 6.04. The summed E-state index contributed by atoms with van der Waals surface area (Å²) in [6.45, 7) is 6.07. The normalized spacial score (nSPS) is 13.6. The molecule has 3 heteroatoms. The summed E-state index contributed by atoms with van der Waals surface area (Å²) in [7, 11) is 0. The third kappa shape index (κ3) is 1.65. The van der Waals surface area contributed by atoms with E-state index in [4.69, 9.17) is 5.73 Å². The van der Waals surface area contributed by atoms with Gasteiger partial charge in [0.2, 0.25) is 0 Å². The lowest BCUT2D eigenvalue weighted by atomic mass is 10.2. The summed E-state index contributed by atoms with van der Waals surface area (Å²) in [5, 5.41) is 3.12. The number of aromatic nitrogens is 1. The fourth-order valence-electron chi connectivity index (χ4n) is 1.81. The minimum atomic E-state index is 0.748. The predicted molar refractivity (Wildman–Crippen MR) is 78.5 cm³/mol. The number of nitrogens with two attached hydrogens (primary N) is 1. The Bertz CT molecular complexity index is 665. The van der Waals surface area contributed by atoms with Crippen LogP contribution in [0.5, 0.6) is 0 Å². The second kappa shape index (κ2) is 4.33. The topological polar surface area (TPSA) is 30.9 Å². The van der Waals surface area contributed by atoms with E-state index in [9.17, 15) is 0 Å². The molecule has 2 rings (SSSR count). The van der Waals surface area contributed by atoms with E-state index < -0.39 is 0 Å². The van der Waals surface area contributed by atoms with E-state index in [0.717, 1.165) is 27.2 Å². The lowest BCUT2D eigenvalue weighted by Gasteiger charge is -1.95. The monoisotopic (exact) mass is 324 g/mol. The number of hydrogen-bond donors (Lipinski definition) is 1. The molecule has 0 saturated carbocycles. The number of para-hydroxylation sites is 1. The van der Waals surface area contributed by atoms with Gasteiger partial charge in [0.05, 0.1) is 39.4 Å². The van der Waals surface area contributed by atoms with Gasteiger partial charge in [-0.15, -0.1) is 0 Å². The largest absolute Gasteiger partial charge is 0.397 e. The van der Waals surface area contributed by atoms with Gasteiger partial charge < -0.3 is 5.73 Å². The Balaban J connectivity index is 3.03. The van der Waals surface area contributed by atoms with Crippen LogP contribution in [0.4, 0.5) is 0 Å². The van der Waals surface area contributed by atoms with E-state index in [-0.39, 0.29) is 0 Å². The Morgan fingerprint density at radius 2 is 2.12 bits per heavy atom. The van der Waals surface area contributed by atoms with E-state index in [1.165, 1.54) is 0 Å². The van der Waals surface area contributed by atoms with Crippen molar-refractivity contribution in [3.05, 3.63) is 47.0 Å². The molecule has 0 aliphatic rings. The van der Waals surface area contributed by atoms with E-state index in [0.29, 0.717) is 0 Å². The quantitative estimate of drug-likeness (QED) is 0.798. The van der Waals surface area contributed by atoms with E-state index in [2.05, 4.69) is 44.4 Å². The van der Waals surface area contributed by atoms with Crippen LogP contribution >= 0.6 is 22.9 Å². The molecule has 0 bridgehead atoms. The molecule has 2 nitrogen and oxygen atoms in total. The summed E-state index contributed by atoms with van der Waals surface area (Å²) in [5.41, 5.74) is 7.93. The maximum absolute atomic E-state index is 6.04. The Hall–Kier alpha value is -1.23. The van der Waals surface area contributed by atoms with Crippen molar-refractivity contribution in [1.82, 2.24) is 2.78 Å². The summed E-state index contributed by atoms with van der Waals surface area (Å²) in [4.78, 5) is 0. The molecule has 16 heavy (non-hydrogen) atoms. The highest BCUT2D eigenvalue weighted by Gasteiger charge is 2.04. The number of benzene rings is 1. The van der Waals surface area contributed by atoms with Gasteiger partial charge in [-0.1, -0.05) is 30.9 Å². The molecule has 1 heterocycles. The molecular formula is C13H13IN2. The van der Waals surface area contributed by atoms with Crippen molar-refractivity contribution in [3.63, 3.8) is 0 Å². The van der Waals surface area contributed by atoms with Crippen LogP contribution < -0.4 is 16.3 Å². The smallest absolute Gasteiger partial charge is 0.0813 e. The van der Waals surface area contributed by atoms with Crippen LogP contribution in [-0.4, -0.2) is 2.78 Å². The van der Waals surface area contributed by atoms with Crippen molar-refractivity contribution >= 4 is 46.0 Å². The summed E-state index contributed by atoms with van der Waals surface area (Å²) in [5.74, 6) is 0. The zero-order valence-corrected chi connectivity index (χ0v) is 11.2. The van der Waals surface area contributed by atoms with Crippen molar-refractivity contribution in [2.75, 3.05) is 0 Å². The van der Waals surface area contributed by atoms with E-state index in [1.54, 1.807) is 0 Å². The third-order valence-electron chi connectivity index (χ3n) is 2.54. The lowest BCUT2D eigenvalue weighted by molar-refractivity contribution is 1.28. The predicted octanol–water partition coefficient (Wildman–Crippen LogP) is 1.89. The van der Waals surface area contributed by atoms with Crippen LogP contribution in [0.1, 0.15) is 6.92 Å². The number of rotatable bonds is 1. The molecule has 2 N–H and O–H groups in total. The zero-order chi connectivity index (χ0) is 11.7. The molecule has 1 aromatic carbocycles. The second-order valence-electron chi connectivity index (χ2n) is 3.58. The van der Waals surface area contributed by atoms with Crippen molar-refractivity contribution in [2.45, 2.75) is 6.92 Å². The minimum absolute atomic E-state index is 0.748. The molecule has 0 fully saturated rings. The number of halogens is 1. The summed E-state index contributed by atoms with van der Waals surface area (Å²) in [6, 6.07) is 8.18. The van der Waals surface area contributed by atoms with Crippen LogP contribution in [0.3, 0.4) is 0 Å². The number of nitrogens with zero attached hydrogens (tertiary/aromatic N) is 1. The standard InChI is InChI=1S/C13H13IN2/c1-3-6-11(15)13-9(2)10-7-4-5-8-12(10)16(13)14/h3-8H,2,15H2,1H3/b6-3-,13-11-. The Kier molecular flexibility index (Phi) is 3.05. The van der Waals surface area contributed by atoms with Crippen molar-refractivity contribution < 1.29 is 0 Å². The molecular weight excluding hydrogens is 311 g/mol. The van der Waals surface area contributed by atoms with Crippen molar-refractivity contribution in [1.29, 1.82) is 0 Å². The van der Waals surface area contributed by atoms with Crippen molar-refractivity contribution in [3.8, 4) is 0 Å². The van der Waals surface area contributed by atoms with Gasteiger partial charge in [-0.05, 0) is 19.1 Å². The van der Waals surface area contributed by atoms with Crippen LogP contribution in [0.2, 0.25) is 0 Å². The first-order valence-corrected chi connectivity index (χ1v) is 6.00. The highest BCUT2D eigenvalue weighted by molar-refractivity contribution is 14.1. The van der Waals surface area contributed by atoms with Gasteiger partial charge in [-0.2, -0.15) is 0 Å². The maximum Gasteiger partial charge on any atom is 0.0813 e. The summed E-state index contributed by atoms with van der Waals surface area (Å²) < 4.78 is 2.06. The molecule has 0 saturated heterocycles. The third-order valence-corrected chi connectivity index (χ3v) is 3.54. The highest BCUT2D eigenvalue weighted by Crippen LogP contribution is 2.10. The minimum Gasteiger partial charge on any atom is -0.397 e. The molecule has 0 aliphatic heterocycles. The molecule has 0 amide bonds. The van der Waals surface area contributed by atoms with Gasteiger partial charge in [0.15, 0.2) is 0 Å². The van der Waals surface area contributed by atoms with E-state index in [1.807, 2.05) is 31.2 Å². The highest BCUT2D eigenvalue weighted by atomic mass is 127. The SMILES string of the molecule is C=c1/c(=C(N)\C=C/C)n(I)c2ccccc12. The zero-order valence-electron chi connectivity index (χ0n) is 9.07. The van der Waals surface area contributed by atoms with Crippen LogP contribution in [0.25, 0.3) is 23.2 Å². The van der Waals surface area contributed by atoms with Gasteiger partial charge >= 0.3 is 0 Å². The first kappa shape index (κ1) is 11.3. The average Bonchev–Trinajstić information content (AvgIpc) is 2.53. The summed E-state index contributed by atoms with van der Waals surface area (Å²) >= 11 is 2.26. The first-order valence-electron chi connectivity index (χ1n) is 5.04. The molecule has 0 aliphatic carbocycles. The molecule has 0 radical (unpaired) electrons. The Morgan fingerprint density at radius 1 is 1.44 bits per heavy atom. The Labute approximate surface area is 108 Å². The molecule has 0 atom stereocenters. The fraction of sp³-hybridized carbons (Fsp3) is 0.0769. The molecule has 0 unspecified atom stereocenters. The number of allylic oxidation sites excluding steroid dienone is 1. The van der Waals surface area contributed by atoms with Crippen LogP contribution in [0.15, 0.2) is 36.4 Å². The molecule has 1 aromatic heterocycles. The lowest BCUT2D eigenvalue weighted by Crippen LogP contribution is -2.29.